The second-order valence-electron chi connectivity index (χ2n) is 8.68. The number of hydrogen-bond donors (Lipinski definition) is 1. The minimum atomic E-state index is 0.464. The van der Waals surface area contributed by atoms with E-state index in [2.05, 4.69) is 37.9 Å². The first-order valence-electron chi connectivity index (χ1n) is 9.44. The fourth-order valence-corrected chi connectivity index (χ4v) is 4.70. The van der Waals surface area contributed by atoms with Gasteiger partial charge in [-0.2, -0.15) is 0 Å². The summed E-state index contributed by atoms with van der Waals surface area (Å²) in [6, 6.07) is 0.781. The second-order valence-corrected chi connectivity index (χ2v) is 8.68. The van der Waals surface area contributed by atoms with Crippen LogP contribution in [0.5, 0.6) is 0 Å². The molecule has 0 radical (unpaired) electrons. The van der Waals surface area contributed by atoms with E-state index in [4.69, 9.17) is 0 Å². The molecule has 2 fully saturated rings. The molecular formula is C19H38N2. The van der Waals surface area contributed by atoms with E-state index < -0.39 is 0 Å². The van der Waals surface area contributed by atoms with Crippen molar-refractivity contribution in [2.75, 3.05) is 26.2 Å². The van der Waals surface area contributed by atoms with Crippen molar-refractivity contribution in [2.24, 2.45) is 17.3 Å². The van der Waals surface area contributed by atoms with Gasteiger partial charge < -0.3 is 10.2 Å². The lowest BCUT2D eigenvalue weighted by Crippen LogP contribution is -2.37. The van der Waals surface area contributed by atoms with Crippen molar-refractivity contribution < 1.29 is 0 Å². The molecule has 2 heterocycles. The highest BCUT2D eigenvalue weighted by Gasteiger charge is 2.31. The summed E-state index contributed by atoms with van der Waals surface area (Å²) in [5.74, 6) is 1.89. The van der Waals surface area contributed by atoms with Crippen LogP contribution in [0.4, 0.5) is 0 Å². The summed E-state index contributed by atoms with van der Waals surface area (Å²) in [4.78, 5) is 2.75. The van der Waals surface area contributed by atoms with Gasteiger partial charge in [0, 0.05) is 19.1 Å². The molecule has 0 aromatic rings. The standard InChI is InChI=1S/C19H38N2/c1-5-7-16(2)12-17-9-11-21(14-17)15-19(3,4)13-18-8-6-10-20-18/h16-18,20H,5-15H2,1-4H3. The maximum absolute atomic E-state index is 3.67. The Morgan fingerprint density at radius 3 is 2.76 bits per heavy atom. The van der Waals surface area contributed by atoms with Gasteiger partial charge in [0.05, 0.1) is 0 Å². The Morgan fingerprint density at radius 2 is 2.10 bits per heavy atom. The summed E-state index contributed by atoms with van der Waals surface area (Å²) < 4.78 is 0. The third-order valence-corrected chi connectivity index (χ3v) is 5.50. The van der Waals surface area contributed by atoms with Gasteiger partial charge in [0.1, 0.15) is 0 Å². The molecule has 1 N–H and O–H groups in total. The van der Waals surface area contributed by atoms with E-state index in [9.17, 15) is 0 Å². The van der Waals surface area contributed by atoms with Crippen LogP contribution < -0.4 is 5.32 Å². The summed E-state index contributed by atoms with van der Waals surface area (Å²) in [7, 11) is 0. The van der Waals surface area contributed by atoms with Crippen molar-refractivity contribution in [3.63, 3.8) is 0 Å². The Balaban J connectivity index is 1.70. The number of likely N-dealkylation sites (tertiary alicyclic amines) is 1. The highest BCUT2D eigenvalue weighted by Crippen LogP contribution is 2.31. The summed E-state index contributed by atoms with van der Waals surface area (Å²) in [6.45, 7) is 14.9. The van der Waals surface area contributed by atoms with E-state index in [1.807, 2.05) is 0 Å². The predicted octanol–water partition coefficient (Wildman–Crippen LogP) is 4.30. The topological polar surface area (TPSA) is 15.3 Å². The molecule has 0 bridgehead atoms. The molecule has 0 amide bonds. The Kier molecular flexibility index (Phi) is 6.55. The third kappa shape index (κ3) is 5.90. The van der Waals surface area contributed by atoms with Gasteiger partial charge in [-0.15, -0.1) is 0 Å². The van der Waals surface area contributed by atoms with Gasteiger partial charge in [-0.3, -0.25) is 0 Å². The zero-order valence-electron chi connectivity index (χ0n) is 15.0. The molecule has 2 saturated heterocycles. The van der Waals surface area contributed by atoms with Crippen LogP contribution in [0.3, 0.4) is 0 Å². The average molecular weight is 295 g/mol. The van der Waals surface area contributed by atoms with Gasteiger partial charge in [-0.05, 0) is 62.4 Å². The van der Waals surface area contributed by atoms with Crippen molar-refractivity contribution in [3.05, 3.63) is 0 Å². The minimum absolute atomic E-state index is 0.464. The second kappa shape index (κ2) is 7.97. The first-order chi connectivity index (χ1) is 9.98. The fourth-order valence-electron chi connectivity index (χ4n) is 4.70. The lowest BCUT2D eigenvalue weighted by Gasteiger charge is -2.32. The molecule has 2 rings (SSSR count). The van der Waals surface area contributed by atoms with Gasteiger partial charge in [0.2, 0.25) is 0 Å². The summed E-state index contributed by atoms with van der Waals surface area (Å²) in [6.07, 6.45) is 9.76. The average Bonchev–Trinajstić information content (AvgIpc) is 3.01. The molecular weight excluding hydrogens is 256 g/mol. The minimum Gasteiger partial charge on any atom is -0.314 e. The molecule has 0 aromatic carbocycles. The van der Waals surface area contributed by atoms with Crippen molar-refractivity contribution in [3.8, 4) is 0 Å². The van der Waals surface area contributed by atoms with E-state index in [1.54, 1.807) is 0 Å². The monoisotopic (exact) mass is 294 g/mol. The molecule has 3 unspecified atom stereocenters. The quantitative estimate of drug-likeness (QED) is 0.718. The fraction of sp³-hybridized carbons (Fsp3) is 1.00. The Morgan fingerprint density at radius 1 is 1.29 bits per heavy atom. The third-order valence-electron chi connectivity index (χ3n) is 5.50. The summed E-state index contributed by atoms with van der Waals surface area (Å²) in [5.41, 5.74) is 0.464. The van der Waals surface area contributed by atoms with Crippen LogP contribution in [-0.4, -0.2) is 37.1 Å². The lowest BCUT2D eigenvalue weighted by molar-refractivity contribution is 0.177. The highest BCUT2D eigenvalue weighted by atomic mass is 15.2. The molecule has 0 spiro atoms. The molecule has 2 heteroatoms. The molecule has 21 heavy (non-hydrogen) atoms. The zero-order chi connectivity index (χ0) is 15.3. The van der Waals surface area contributed by atoms with E-state index in [1.165, 1.54) is 71.1 Å². The predicted molar refractivity (Wildman–Crippen MR) is 92.7 cm³/mol. The Labute approximate surface area is 133 Å². The highest BCUT2D eigenvalue weighted by molar-refractivity contribution is 4.86. The Hall–Kier alpha value is -0.0800. The van der Waals surface area contributed by atoms with Gasteiger partial charge in [-0.1, -0.05) is 40.5 Å². The van der Waals surface area contributed by atoms with Crippen molar-refractivity contribution in [2.45, 2.75) is 78.7 Å². The molecule has 0 aliphatic carbocycles. The molecule has 0 aromatic heterocycles. The lowest BCUT2D eigenvalue weighted by atomic mass is 9.84. The molecule has 2 aliphatic rings. The molecule has 0 saturated carbocycles. The SMILES string of the molecule is CCCC(C)CC1CCN(CC(C)(C)CC2CCCN2)C1. The van der Waals surface area contributed by atoms with E-state index in [0.29, 0.717) is 5.41 Å². The summed E-state index contributed by atoms with van der Waals surface area (Å²) >= 11 is 0. The van der Waals surface area contributed by atoms with E-state index in [-0.39, 0.29) is 0 Å². The number of rotatable bonds is 8. The van der Waals surface area contributed by atoms with E-state index >= 15 is 0 Å². The van der Waals surface area contributed by atoms with Crippen LogP contribution in [0.15, 0.2) is 0 Å². The molecule has 2 aliphatic heterocycles. The number of nitrogens with one attached hydrogen (secondary N) is 1. The largest absolute Gasteiger partial charge is 0.314 e. The molecule has 2 nitrogen and oxygen atoms in total. The van der Waals surface area contributed by atoms with Gasteiger partial charge >= 0.3 is 0 Å². The van der Waals surface area contributed by atoms with Crippen LogP contribution in [0.1, 0.15) is 72.6 Å². The number of nitrogens with zero attached hydrogens (tertiary/aromatic N) is 1. The number of hydrogen-bond acceptors (Lipinski definition) is 2. The van der Waals surface area contributed by atoms with E-state index in [0.717, 1.165) is 17.9 Å². The first kappa shape index (κ1) is 17.3. The van der Waals surface area contributed by atoms with Gasteiger partial charge in [-0.25, -0.2) is 0 Å². The maximum atomic E-state index is 3.67. The molecule has 3 atom stereocenters. The van der Waals surface area contributed by atoms with Crippen molar-refractivity contribution >= 4 is 0 Å². The first-order valence-corrected chi connectivity index (χ1v) is 9.44. The van der Waals surface area contributed by atoms with Crippen molar-refractivity contribution in [1.82, 2.24) is 10.2 Å². The van der Waals surface area contributed by atoms with Crippen LogP contribution in [0, 0.1) is 17.3 Å². The van der Waals surface area contributed by atoms with Crippen LogP contribution in [-0.2, 0) is 0 Å². The van der Waals surface area contributed by atoms with Crippen molar-refractivity contribution in [1.29, 1.82) is 0 Å². The van der Waals surface area contributed by atoms with Crippen LogP contribution >= 0.6 is 0 Å². The van der Waals surface area contributed by atoms with Gasteiger partial charge in [0.25, 0.3) is 0 Å². The molecule has 124 valence electrons. The normalized spacial score (nSPS) is 29.1. The smallest absolute Gasteiger partial charge is 0.00730 e. The van der Waals surface area contributed by atoms with Gasteiger partial charge in [0.15, 0.2) is 0 Å². The summed E-state index contributed by atoms with van der Waals surface area (Å²) in [5, 5.41) is 3.67. The van der Waals surface area contributed by atoms with Crippen LogP contribution in [0.2, 0.25) is 0 Å². The maximum Gasteiger partial charge on any atom is 0.00730 e. The van der Waals surface area contributed by atoms with Crippen LogP contribution in [0.25, 0.3) is 0 Å². The Bertz CT molecular complexity index is 294. The zero-order valence-corrected chi connectivity index (χ0v) is 15.0.